The van der Waals surface area contributed by atoms with Crippen LogP contribution in [0.2, 0.25) is 0 Å². The molecule has 1 atom stereocenters. The van der Waals surface area contributed by atoms with Crippen LogP contribution in [0.25, 0.3) is 11.4 Å². The molecule has 1 aromatic carbocycles. The van der Waals surface area contributed by atoms with Gasteiger partial charge in [0.05, 0.1) is 28.5 Å². The minimum Gasteiger partial charge on any atom is -0.505 e. The Morgan fingerprint density at radius 2 is 1.96 bits per heavy atom. The summed E-state index contributed by atoms with van der Waals surface area (Å²) < 4.78 is 0. The summed E-state index contributed by atoms with van der Waals surface area (Å²) in [6.07, 6.45) is 1.81. The number of aliphatic hydroxyl groups excluding tert-OH is 1. The van der Waals surface area contributed by atoms with E-state index in [1.54, 1.807) is 11.6 Å². The Hall–Kier alpha value is -2.84. The van der Waals surface area contributed by atoms with Crippen LogP contribution in [0.3, 0.4) is 0 Å². The molecule has 0 unspecified atom stereocenters. The standard InChI is InChI=1S/C18H18N4O3S/c1-10-3-4-12(17-19-6-13(23)7-20-17)5-14(10)18(25)21-8-15(24)16-11(2)22-9-26-16/h3-7,9,15,23-24H,8H2,1-2H3,(H,21,25)/t15-/m1/s1. The van der Waals surface area contributed by atoms with E-state index in [4.69, 9.17) is 0 Å². The van der Waals surface area contributed by atoms with E-state index in [0.717, 1.165) is 16.1 Å². The topological polar surface area (TPSA) is 108 Å². The SMILES string of the molecule is Cc1ccc(-c2ncc(O)cn2)cc1C(=O)NC[C@@H](O)c1scnc1C. The van der Waals surface area contributed by atoms with Crippen molar-refractivity contribution in [3.8, 4) is 17.1 Å². The van der Waals surface area contributed by atoms with Crippen molar-refractivity contribution in [1.29, 1.82) is 0 Å². The van der Waals surface area contributed by atoms with Crippen LogP contribution in [0.5, 0.6) is 5.75 Å². The van der Waals surface area contributed by atoms with E-state index in [1.807, 2.05) is 26.0 Å². The van der Waals surface area contributed by atoms with Crippen molar-refractivity contribution in [3.05, 3.63) is 57.8 Å². The van der Waals surface area contributed by atoms with Crippen LogP contribution in [0.4, 0.5) is 0 Å². The number of hydrogen-bond acceptors (Lipinski definition) is 7. The summed E-state index contributed by atoms with van der Waals surface area (Å²) in [5, 5.41) is 22.3. The molecule has 0 aliphatic carbocycles. The van der Waals surface area contributed by atoms with Gasteiger partial charge in [-0.15, -0.1) is 11.3 Å². The van der Waals surface area contributed by atoms with E-state index in [-0.39, 0.29) is 18.2 Å². The summed E-state index contributed by atoms with van der Waals surface area (Å²) >= 11 is 1.36. The highest BCUT2D eigenvalue weighted by atomic mass is 32.1. The summed E-state index contributed by atoms with van der Waals surface area (Å²) in [5.41, 5.74) is 4.38. The zero-order valence-corrected chi connectivity index (χ0v) is 15.1. The van der Waals surface area contributed by atoms with Gasteiger partial charge in [0.2, 0.25) is 0 Å². The van der Waals surface area contributed by atoms with Crippen molar-refractivity contribution >= 4 is 17.2 Å². The van der Waals surface area contributed by atoms with Crippen LogP contribution < -0.4 is 5.32 Å². The van der Waals surface area contributed by atoms with E-state index >= 15 is 0 Å². The van der Waals surface area contributed by atoms with Crippen LogP contribution in [0.1, 0.15) is 32.6 Å². The Balaban J connectivity index is 1.75. The van der Waals surface area contributed by atoms with E-state index in [1.165, 1.54) is 23.7 Å². The van der Waals surface area contributed by atoms with Gasteiger partial charge in [-0.2, -0.15) is 0 Å². The molecule has 0 saturated carbocycles. The lowest BCUT2D eigenvalue weighted by molar-refractivity contribution is 0.0917. The summed E-state index contributed by atoms with van der Waals surface area (Å²) in [4.78, 5) is 25.5. The maximum absolute atomic E-state index is 12.5. The number of rotatable bonds is 5. The van der Waals surface area contributed by atoms with Crippen LogP contribution in [0.15, 0.2) is 36.1 Å². The highest BCUT2D eigenvalue weighted by Crippen LogP contribution is 2.22. The Bertz CT molecular complexity index is 924. The fourth-order valence-electron chi connectivity index (χ4n) is 2.48. The normalized spacial score (nSPS) is 12.0. The number of thiazole rings is 1. The smallest absolute Gasteiger partial charge is 0.251 e. The van der Waals surface area contributed by atoms with Crippen molar-refractivity contribution in [1.82, 2.24) is 20.3 Å². The average Bonchev–Trinajstić information content (AvgIpc) is 3.06. The molecule has 1 amide bonds. The largest absolute Gasteiger partial charge is 0.505 e. The molecule has 2 heterocycles. The first-order chi connectivity index (χ1) is 12.5. The van der Waals surface area contributed by atoms with Crippen LogP contribution in [-0.2, 0) is 0 Å². The number of aliphatic hydroxyl groups is 1. The van der Waals surface area contributed by atoms with Gasteiger partial charge < -0.3 is 15.5 Å². The van der Waals surface area contributed by atoms with Crippen LogP contribution in [0, 0.1) is 13.8 Å². The number of nitrogens with zero attached hydrogens (tertiary/aromatic N) is 3. The van der Waals surface area contributed by atoms with E-state index in [2.05, 4.69) is 20.3 Å². The number of benzene rings is 1. The lowest BCUT2D eigenvalue weighted by atomic mass is 10.0. The molecule has 134 valence electrons. The second-order valence-corrected chi connectivity index (χ2v) is 6.71. The first-order valence-corrected chi connectivity index (χ1v) is 8.82. The van der Waals surface area contributed by atoms with Gasteiger partial charge in [-0.1, -0.05) is 12.1 Å². The molecule has 0 spiro atoms. The predicted octanol–water partition coefficient (Wildman–Crippen LogP) is 2.39. The minimum atomic E-state index is -0.796. The number of hydrogen-bond donors (Lipinski definition) is 3. The van der Waals surface area contributed by atoms with Gasteiger partial charge in [0.25, 0.3) is 5.91 Å². The monoisotopic (exact) mass is 370 g/mol. The second kappa shape index (κ2) is 7.59. The molecule has 2 aromatic heterocycles. The third-order valence-corrected chi connectivity index (χ3v) is 4.95. The third kappa shape index (κ3) is 3.87. The minimum absolute atomic E-state index is 0.0221. The molecule has 0 saturated heterocycles. The molecule has 0 aliphatic rings. The van der Waals surface area contributed by atoms with Crippen LogP contribution in [-0.4, -0.2) is 37.6 Å². The van der Waals surface area contributed by atoms with Crippen molar-refractivity contribution in [2.75, 3.05) is 6.54 Å². The fourth-order valence-corrected chi connectivity index (χ4v) is 3.27. The number of amides is 1. The quantitative estimate of drug-likeness (QED) is 0.636. The zero-order chi connectivity index (χ0) is 18.7. The highest BCUT2D eigenvalue weighted by Gasteiger charge is 2.16. The molecule has 3 N–H and O–H groups in total. The van der Waals surface area contributed by atoms with Gasteiger partial charge in [-0.25, -0.2) is 15.0 Å². The van der Waals surface area contributed by atoms with Crippen LogP contribution >= 0.6 is 11.3 Å². The van der Waals surface area contributed by atoms with Gasteiger partial charge in [0.15, 0.2) is 11.6 Å². The Morgan fingerprint density at radius 3 is 2.62 bits per heavy atom. The number of carbonyl (C=O) groups excluding carboxylic acids is 1. The van der Waals surface area contributed by atoms with Gasteiger partial charge >= 0.3 is 0 Å². The summed E-state index contributed by atoms with van der Waals surface area (Å²) in [5.74, 6) is 0.104. The summed E-state index contributed by atoms with van der Waals surface area (Å²) in [7, 11) is 0. The molecule has 8 heteroatoms. The predicted molar refractivity (Wildman–Crippen MR) is 98.0 cm³/mol. The molecule has 0 radical (unpaired) electrons. The van der Waals surface area contributed by atoms with E-state index < -0.39 is 6.10 Å². The summed E-state index contributed by atoms with van der Waals surface area (Å²) in [6.45, 7) is 3.75. The van der Waals surface area contributed by atoms with Crippen molar-refractivity contribution in [2.24, 2.45) is 0 Å². The van der Waals surface area contributed by atoms with E-state index in [0.29, 0.717) is 17.0 Å². The molecular formula is C18H18N4O3S. The zero-order valence-electron chi connectivity index (χ0n) is 14.3. The number of nitrogens with one attached hydrogen (secondary N) is 1. The maximum atomic E-state index is 12.5. The first kappa shape index (κ1) is 18.0. The highest BCUT2D eigenvalue weighted by molar-refractivity contribution is 7.09. The molecule has 0 bridgehead atoms. The van der Waals surface area contributed by atoms with Crippen molar-refractivity contribution in [2.45, 2.75) is 20.0 Å². The van der Waals surface area contributed by atoms with Gasteiger partial charge in [-0.05, 0) is 25.5 Å². The molecule has 7 nitrogen and oxygen atoms in total. The summed E-state index contributed by atoms with van der Waals surface area (Å²) in [6, 6.07) is 5.32. The molecule has 3 rings (SSSR count). The number of aromatic nitrogens is 3. The number of aryl methyl sites for hydroxylation is 2. The lowest BCUT2D eigenvalue weighted by Gasteiger charge is -2.13. The molecule has 0 fully saturated rings. The van der Waals surface area contributed by atoms with Gasteiger partial charge in [0.1, 0.15) is 6.10 Å². The number of carbonyl (C=O) groups is 1. The maximum Gasteiger partial charge on any atom is 0.251 e. The molecule has 0 aliphatic heterocycles. The number of aromatic hydroxyl groups is 1. The second-order valence-electron chi connectivity index (χ2n) is 5.82. The van der Waals surface area contributed by atoms with Gasteiger partial charge in [0, 0.05) is 17.7 Å². The molecule has 26 heavy (non-hydrogen) atoms. The third-order valence-electron chi connectivity index (χ3n) is 3.92. The average molecular weight is 370 g/mol. The lowest BCUT2D eigenvalue weighted by Crippen LogP contribution is -2.29. The van der Waals surface area contributed by atoms with Crippen molar-refractivity contribution in [3.63, 3.8) is 0 Å². The first-order valence-electron chi connectivity index (χ1n) is 7.94. The van der Waals surface area contributed by atoms with Crippen molar-refractivity contribution < 1.29 is 15.0 Å². The van der Waals surface area contributed by atoms with E-state index in [9.17, 15) is 15.0 Å². The van der Waals surface area contributed by atoms with Gasteiger partial charge in [-0.3, -0.25) is 4.79 Å². The molecular weight excluding hydrogens is 352 g/mol. The Labute approximate surface area is 154 Å². The molecule has 3 aromatic rings. The Kier molecular flexibility index (Phi) is 5.24. The fraction of sp³-hybridized carbons (Fsp3) is 0.222. The Morgan fingerprint density at radius 1 is 1.23 bits per heavy atom.